The first-order valence-electron chi connectivity index (χ1n) is 11.8. The first-order valence-corrected chi connectivity index (χ1v) is 13.3. The van der Waals surface area contributed by atoms with Crippen molar-refractivity contribution in [3.05, 3.63) is 47.8 Å². The molecule has 1 atom stereocenters. The lowest BCUT2D eigenvalue weighted by molar-refractivity contribution is -0.135. The number of hydrogen-bond acceptors (Lipinski definition) is 5. The van der Waals surface area contributed by atoms with Crippen LogP contribution < -0.4 is 5.32 Å². The fourth-order valence-electron chi connectivity index (χ4n) is 4.22. The molecule has 3 rings (SSSR count). The fraction of sp³-hybridized carbons (Fsp3) is 0.542. The van der Waals surface area contributed by atoms with Crippen LogP contribution in [0.25, 0.3) is 0 Å². The molecule has 1 aliphatic heterocycles. The molecule has 2 amide bonds. The van der Waals surface area contributed by atoms with Gasteiger partial charge in [0.15, 0.2) is 0 Å². The molecule has 0 spiro atoms. The minimum Gasteiger partial charge on any atom is -0.356 e. The molecule has 1 aromatic carbocycles. The third kappa shape index (κ3) is 6.44. The monoisotopic (exact) mass is 489 g/mol. The summed E-state index contributed by atoms with van der Waals surface area (Å²) >= 11 is 0. The van der Waals surface area contributed by atoms with Crippen LogP contribution in [0.5, 0.6) is 0 Å². The van der Waals surface area contributed by atoms with Gasteiger partial charge in [0.2, 0.25) is 21.8 Å². The standard InChI is InChI=1S/C24H35N5O4S/c1-4-28-18-21(19(2)26-28)17-27(3)24(31)20-9-8-15-29(16-13-23(30)25-14-12-20)34(32,33)22-10-6-5-7-11-22/h5-7,10-11,18,20H,4,8-9,12-17H2,1-3H3,(H,25,30). The van der Waals surface area contributed by atoms with E-state index in [2.05, 4.69) is 10.4 Å². The van der Waals surface area contributed by atoms with Gasteiger partial charge in [-0.1, -0.05) is 18.2 Å². The van der Waals surface area contributed by atoms with E-state index in [0.29, 0.717) is 32.4 Å². The highest BCUT2D eigenvalue weighted by molar-refractivity contribution is 7.89. The molecule has 1 unspecified atom stereocenters. The third-order valence-electron chi connectivity index (χ3n) is 6.25. The lowest BCUT2D eigenvalue weighted by Crippen LogP contribution is -2.35. The van der Waals surface area contributed by atoms with Crippen molar-refractivity contribution in [2.24, 2.45) is 5.92 Å². The Balaban J connectivity index is 1.71. The van der Waals surface area contributed by atoms with E-state index in [0.717, 1.165) is 17.8 Å². The molecule has 1 fully saturated rings. The van der Waals surface area contributed by atoms with E-state index in [1.165, 1.54) is 4.31 Å². The van der Waals surface area contributed by atoms with Gasteiger partial charge in [-0.3, -0.25) is 14.3 Å². The van der Waals surface area contributed by atoms with Gasteiger partial charge in [0.05, 0.1) is 10.6 Å². The molecule has 1 N–H and O–H groups in total. The second kappa shape index (κ2) is 11.6. The Labute approximate surface area is 202 Å². The molecule has 0 radical (unpaired) electrons. The normalized spacial score (nSPS) is 18.7. The summed E-state index contributed by atoms with van der Waals surface area (Å²) in [5, 5.41) is 7.29. The molecule has 0 saturated carbocycles. The number of benzene rings is 1. The highest BCUT2D eigenvalue weighted by Gasteiger charge is 2.28. The van der Waals surface area contributed by atoms with Crippen molar-refractivity contribution >= 4 is 21.8 Å². The Morgan fingerprint density at radius 2 is 1.94 bits per heavy atom. The molecule has 1 saturated heterocycles. The Bertz CT molecular complexity index is 1080. The number of rotatable bonds is 6. The predicted octanol–water partition coefficient (Wildman–Crippen LogP) is 2.17. The van der Waals surface area contributed by atoms with Crippen LogP contribution in [0.15, 0.2) is 41.4 Å². The molecular formula is C24H35N5O4S. The Kier molecular flexibility index (Phi) is 8.84. The zero-order valence-corrected chi connectivity index (χ0v) is 21.1. The fourth-order valence-corrected chi connectivity index (χ4v) is 5.72. The van der Waals surface area contributed by atoms with Gasteiger partial charge >= 0.3 is 0 Å². The zero-order valence-electron chi connectivity index (χ0n) is 20.2. The molecule has 9 nitrogen and oxygen atoms in total. The van der Waals surface area contributed by atoms with Crippen molar-refractivity contribution in [2.75, 3.05) is 26.7 Å². The molecule has 2 aromatic rings. The number of hydrogen-bond donors (Lipinski definition) is 1. The predicted molar refractivity (Wildman–Crippen MR) is 129 cm³/mol. The number of aryl methyl sites for hydroxylation is 2. The van der Waals surface area contributed by atoms with E-state index in [1.807, 2.05) is 24.7 Å². The first kappa shape index (κ1) is 25.9. The molecule has 1 aromatic heterocycles. The second-order valence-corrected chi connectivity index (χ2v) is 10.7. The Morgan fingerprint density at radius 1 is 1.21 bits per heavy atom. The van der Waals surface area contributed by atoms with E-state index >= 15 is 0 Å². The van der Waals surface area contributed by atoms with Crippen molar-refractivity contribution in [1.29, 1.82) is 0 Å². The molecule has 1 aliphatic rings. The number of sulfonamides is 1. The summed E-state index contributed by atoms with van der Waals surface area (Å²) in [7, 11) is -1.94. The molecule has 2 heterocycles. The molecule has 10 heteroatoms. The quantitative estimate of drug-likeness (QED) is 0.670. The maximum absolute atomic E-state index is 13.3. The van der Waals surface area contributed by atoms with Crippen LogP contribution in [-0.2, 0) is 32.7 Å². The van der Waals surface area contributed by atoms with E-state index < -0.39 is 10.0 Å². The number of amides is 2. The molecule has 186 valence electrons. The summed E-state index contributed by atoms with van der Waals surface area (Å²) in [6.45, 7) is 5.95. The number of nitrogens with one attached hydrogen (secondary N) is 1. The van der Waals surface area contributed by atoms with Crippen LogP contribution in [0, 0.1) is 12.8 Å². The van der Waals surface area contributed by atoms with Crippen LogP contribution in [-0.4, -0.2) is 65.9 Å². The maximum atomic E-state index is 13.3. The van der Waals surface area contributed by atoms with Crippen LogP contribution in [0.3, 0.4) is 0 Å². The number of carbonyl (C=O) groups excluding carboxylic acids is 2. The number of carbonyl (C=O) groups is 2. The van der Waals surface area contributed by atoms with E-state index in [-0.39, 0.29) is 42.1 Å². The van der Waals surface area contributed by atoms with E-state index in [1.54, 1.807) is 42.3 Å². The lowest BCUT2D eigenvalue weighted by atomic mass is 9.97. The van der Waals surface area contributed by atoms with Crippen molar-refractivity contribution in [2.45, 2.75) is 57.5 Å². The van der Waals surface area contributed by atoms with Gasteiger partial charge in [-0.2, -0.15) is 9.40 Å². The summed E-state index contributed by atoms with van der Waals surface area (Å²) in [4.78, 5) is 27.5. The molecule has 0 bridgehead atoms. The lowest BCUT2D eigenvalue weighted by Gasteiger charge is -2.25. The minimum absolute atomic E-state index is 0.00499. The summed E-state index contributed by atoms with van der Waals surface area (Å²) in [5.41, 5.74) is 1.90. The van der Waals surface area contributed by atoms with Crippen LogP contribution in [0.4, 0.5) is 0 Å². The molecule has 34 heavy (non-hydrogen) atoms. The highest BCUT2D eigenvalue weighted by atomic mass is 32.2. The van der Waals surface area contributed by atoms with Crippen molar-refractivity contribution < 1.29 is 18.0 Å². The van der Waals surface area contributed by atoms with Gasteiger partial charge in [-0.25, -0.2) is 8.42 Å². The number of aromatic nitrogens is 2. The van der Waals surface area contributed by atoms with Crippen molar-refractivity contribution in [3.8, 4) is 0 Å². The molecular weight excluding hydrogens is 454 g/mol. The van der Waals surface area contributed by atoms with Crippen molar-refractivity contribution in [1.82, 2.24) is 24.3 Å². The number of nitrogens with zero attached hydrogens (tertiary/aromatic N) is 4. The average Bonchev–Trinajstić information content (AvgIpc) is 3.16. The van der Waals surface area contributed by atoms with Gasteiger partial charge < -0.3 is 10.2 Å². The van der Waals surface area contributed by atoms with E-state index in [4.69, 9.17) is 0 Å². The SMILES string of the molecule is CCn1cc(CN(C)C(=O)C2CCCN(S(=O)(=O)c3ccccc3)CCC(=O)NCC2)c(C)n1. The van der Waals surface area contributed by atoms with Gasteiger partial charge in [0.25, 0.3) is 0 Å². The van der Waals surface area contributed by atoms with Gasteiger partial charge in [0, 0.05) is 63.9 Å². The summed E-state index contributed by atoms with van der Waals surface area (Å²) in [6.07, 6.45) is 3.66. The summed E-state index contributed by atoms with van der Waals surface area (Å²) in [5.74, 6) is -0.516. The maximum Gasteiger partial charge on any atom is 0.243 e. The Hall–Kier alpha value is -2.72. The molecule has 0 aliphatic carbocycles. The van der Waals surface area contributed by atoms with Crippen molar-refractivity contribution in [3.63, 3.8) is 0 Å². The van der Waals surface area contributed by atoms with Crippen LogP contribution >= 0.6 is 0 Å². The third-order valence-corrected chi connectivity index (χ3v) is 8.16. The minimum atomic E-state index is -3.72. The highest BCUT2D eigenvalue weighted by Crippen LogP contribution is 2.21. The first-order chi connectivity index (χ1) is 16.2. The average molecular weight is 490 g/mol. The van der Waals surface area contributed by atoms with Crippen LogP contribution in [0.2, 0.25) is 0 Å². The van der Waals surface area contributed by atoms with Gasteiger partial charge in [-0.15, -0.1) is 0 Å². The smallest absolute Gasteiger partial charge is 0.243 e. The topological polar surface area (TPSA) is 105 Å². The Morgan fingerprint density at radius 3 is 2.62 bits per heavy atom. The summed E-state index contributed by atoms with van der Waals surface area (Å²) in [6, 6.07) is 8.25. The van der Waals surface area contributed by atoms with Gasteiger partial charge in [-0.05, 0) is 45.2 Å². The van der Waals surface area contributed by atoms with E-state index in [9.17, 15) is 18.0 Å². The largest absolute Gasteiger partial charge is 0.356 e. The van der Waals surface area contributed by atoms with Crippen LogP contribution in [0.1, 0.15) is 43.9 Å². The second-order valence-electron chi connectivity index (χ2n) is 8.73. The van der Waals surface area contributed by atoms with Gasteiger partial charge in [0.1, 0.15) is 0 Å². The summed E-state index contributed by atoms with van der Waals surface area (Å²) < 4.78 is 29.5. The zero-order chi connectivity index (χ0) is 24.7.